The number of rotatable bonds is 3. The second-order valence-corrected chi connectivity index (χ2v) is 4.53. The Morgan fingerprint density at radius 1 is 1.21 bits per heavy atom. The summed E-state index contributed by atoms with van der Waals surface area (Å²) >= 11 is 0. The van der Waals surface area contributed by atoms with Gasteiger partial charge in [0.1, 0.15) is 5.76 Å². The van der Waals surface area contributed by atoms with E-state index in [9.17, 15) is 0 Å². The number of nitrogens with zero attached hydrogens (tertiary/aromatic N) is 2. The highest BCUT2D eigenvalue weighted by molar-refractivity contribution is 6.00. The minimum atomic E-state index is 0.717. The Bertz CT molecular complexity index is 692. The van der Waals surface area contributed by atoms with E-state index in [1.165, 1.54) is 0 Å². The molecule has 0 aliphatic carbocycles. The van der Waals surface area contributed by atoms with E-state index in [1.54, 1.807) is 18.7 Å². The molecule has 0 aliphatic heterocycles. The second kappa shape index (κ2) is 4.65. The van der Waals surface area contributed by atoms with Crippen LogP contribution in [-0.2, 0) is 6.54 Å². The van der Waals surface area contributed by atoms with Crippen molar-refractivity contribution in [2.45, 2.75) is 6.54 Å². The van der Waals surface area contributed by atoms with Gasteiger partial charge in [0, 0.05) is 41.6 Å². The van der Waals surface area contributed by atoms with Crippen molar-refractivity contribution < 1.29 is 4.42 Å². The average molecular weight is 253 g/mol. The molecule has 0 amide bonds. The summed E-state index contributed by atoms with van der Waals surface area (Å²) in [5.41, 5.74) is 7.85. The summed E-state index contributed by atoms with van der Waals surface area (Å²) in [7, 11) is 2.04. The van der Waals surface area contributed by atoms with Crippen LogP contribution in [0.25, 0.3) is 10.8 Å². The summed E-state index contributed by atoms with van der Waals surface area (Å²) < 4.78 is 5.38. The summed E-state index contributed by atoms with van der Waals surface area (Å²) in [5, 5.41) is 2.08. The minimum absolute atomic E-state index is 0.717. The van der Waals surface area contributed by atoms with Gasteiger partial charge in [-0.3, -0.25) is 4.98 Å². The van der Waals surface area contributed by atoms with E-state index >= 15 is 0 Å². The molecule has 0 fully saturated rings. The molecule has 0 saturated carbocycles. The molecule has 3 aromatic rings. The normalized spacial score (nSPS) is 10.8. The molecule has 19 heavy (non-hydrogen) atoms. The molecule has 2 heterocycles. The van der Waals surface area contributed by atoms with Crippen molar-refractivity contribution in [3.63, 3.8) is 0 Å². The van der Waals surface area contributed by atoms with Crippen LogP contribution < -0.4 is 10.6 Å². The van der Waals surface area contributed by atoms with Crippen LogP contribution >= 0.6 is 0 Å². The third kappa shape index (κ3) is 2.12. The van der Waals surface area contributed by atoms with E-state index in [-0.39, 0.29) is 0 Å². The van der Waals surface area contributed by atoms with Gasteiger partial charge in [-0.1, -0.05) is 0 Å². The highest BCUT2D eigenvalue weighted by atomic mass is 16.3. The number of benzene rings is 1. The number of hydrogen-bond donors (Lipinski definition) is 1. The van der Waals surface area contributed by atoms with E-state index in [4.69, 9.17) is 10.2 Å². The molecule has 0 saturated heterocycles. The fourth-order valence-electron chi connectivity index (χ4n) is 2.25. The lowest BCUT2D eigenvalue weighted by molar-refractivity contribution is 0.508. The Labute approximate surface area is 111 Å². The summed E-state index contributed by atoms with van der Waals surface area (Å²) in [5.74, 6) is 0.932. The van der Waals surface area contributed by atoms with E-state index in [2.05, 4.69) is 9.88 Å². The third-order valence-electron chi connectivity index (χ3n) is 3.21. The van der Waals surface area contributed by atoms with Gasteiger partial charge >= 0.3 is 0 Å². The number of furan rings is 1. The van der Waals surface area contributed by atoms with Crippen LogP contribution in [-0.4, -0.2) is 12.0 Å². The number of anilines is 2. The lowest BCUT2D eigenvalue weighted by atomic mass is 10.1. The van der Waals surface area contributed by atoms with Crippen molar-refractivity contribution in [2.75, 3.05) is 17.7 Å². The topological polar surface area (TPSA) is 55.3 Å². The zero-order valence-corrected chi connectivity index (χ0v) is 10.7. The first-order valence-electron chi connectivity index (χ1n) is 6.11. The predicted octanol–water partition coefficient (Wildman–Crippen LogP) is 3.05. The minimum Gasteiger partial charge on any atom is -0.467 e. The van der Waals surface area contributed by atoms with Gasteiger partial charge in [-0.2, -0.15) is 0 Å². The molecule has 0 spiro atoms. The largest absolute Gasteiger partial charge is 0.467 e. The Kier molecular flexibility index (Phi) is 2.83. The highest BCUT2D eigenvalue weighted by Gasteiger charge is 2.09. The van der Waals surface area contributed by atoms with Crippen molar-refractivity contribution in [1.29, 1.82) is 0 Å². The van der Waals surface area contributed by atoms with Crippen LogP contribution in [0.1, 0.15) is 5.76 Å². The smallest absolute Gasteiger partial charge is 0.123 e. The molecule has 0 bridgehead atoms. The van der Waals surface area contributed by atoms with Gasteiger partial charge in [0.05, 0.1) is 12.8 Å². The standard InChI is InChI=1S/C15H15N3O/c1-18(10-11-3-2-8-19-11)15-5-4-14(16)13-9-17-7-6-12(13)15/h2-9H,10,16H2,1H3. The molecule has 4 nitrogen and oxygen atoms in total. The van der Waals surface area contributed by atoms with E-state index in [0.29, 0.717) is 6.54 Å². The summed E-state index contributed by atoms with van der Waals surface area (Å²) in [6.07, 6.45) is 5.27. The van der Waals surface area contributed by atoms with Crippen molar-refractivity contribution in [2.24, 2.45) is 0 Å². The first-order chi connectivity index (χ1) is 9.25. The van der Waals surface area contributed by atoms with Crippen LogP contribution in [0.2, 0.25) is 0 Å². The van der Waals surface area contributed by atoms with Gasteiger partial charge in [-0.15, -0.1) is 0 Å². The SMILES string of the molecule is CN(Cc1ccco1)c1ccc(N)c2cnccc12. The predicted molar refractivity (Wildman–Crippen MR) is 77.0 cm³/mol. The van der Waals surface area contributed by atoms with Crippen molar-refractivity contribution in [3.8, 4) is 0 Å². The van der Waals surface area contributed by atoms with Gasteiger partial charge in [0.25, 0.3) is 0 Å². The maximum atomic E-state index is 5.98. The lowest BCUT2D eigenvalue weighted by Crippen LogP contribution is -2.16. The van der Waals surface area contributed by atoms with Gasteiger partial charge in [-0.25, -0.2) is 0 Å². The van der Waals surface area contributed by atoms with Crippen molar-refractivity contribution in [3.05, 3.63) is 54.7 Å². The molecule has 0 aliphatic rings. The molecular weight excluding hydrogens is 238 g/mol. The number of nitrogen functional groups attached to an aromatic ring is 1. The summed E-state index contributed by atoms with van der Waals surface area (Å²) in [4.78, 5) is 6.27. The lowest BCUT2D eigenvalue weighted by Gasteiger charge is -2.20. The van der Waals surface area contributed by atoms with Crippen molar-refractivity contribution >= 4 is 22.1 Å². The molecule has 1 aromatic carbocycles. The van der Waals surface area contributed by atoms with Crippen molar-refractivity contribution in [1.82, 2.24) is 4.98 Å². The Morgan fingerprint density at radius 2 is 2.11 bits per heavy atom. The molecule has 96 valence electrons. The number of hydrogen-bond acceptors (Lipinski definition) is 4. The maximum Gasteiger partial charge on any atom is 0.123 e. The zero-order chi connectivity index (χ0) is 13.2. The molecule has 4 heteroatoms. The number of fused-ring (bicyclic) bond motifs is 1. The Balaban J connectivity index is 2.03. The fourth-order valence-corrected chi connectivity index (χ4v) is 2.25. The van der Waals surface area contributed by atoms with Crippen LogP contribution in [0.15, 0.2) is 53.4 Å². The molecule has 2 aromatic heterocycles. The molecule has 0 atom stereocenters. The summed E-state index contributed by atoms with van der Waals surface area (Å²) in [6, 6.07) is 9.80. The van der Waals surface area contributed by atoms with Crippen LogP contribution in [0, 0.1) is 0 Å². The van der Waals surface area contributed by atoms with Gasteiger partial charge in [0.2, 0.25) is 0 Å². The fraction of sp³-hybridized carbons (Fsp3) is 0.133. The molecule has 0 unspecified atom stereocenters. The Morgan fingerprint density at radius 3 is 2.89 bits per heavy atom. The zero-order valence-electron chi connectivity index (χ0n) is 10.7. The van der Waals surface area contributed by atoms with Gasteiger partial charge in [-0.05, 0) is 30.3 Å². The van der Waals surface area contributed by atoms with E-state index < -0.39 is 0 Å². The first kappa shape index (κ1) is 11.6. The quantitative estimate of drug-likeness (QED) is 0.729. The van der Waals surface area contributed by atoms with E-state index in [0.717, 1.165) is 27.9 Å². The molecule has 2 N–H and O–H groups in total. The highest BCUT2D eigenvalue weighted by Crippen LogP contribution is 2.30. The molecule has 0 radical (unpaired) electrons. The number of pyridine rings is 1. The van der Waals surface area contributed by atoms with E-state index in [1.807, 2.05) is 37.4 Å². The van der Waals surface area contributed by atoms with Crippen LogP contribution in [0.3, 0.4) is 0 Å². The first-order valence-corrected chi connectivity index (χ1v) is 6.11. The van der Waals surface area contributed by atoms with Crippen LogP contribution in [0.5, 0.6) is 0 Å². The molecular formula is C15H15N3O. The summed E-state index contributed by atoms with van der Waals surface area (Å²) in [6.45, 7) is 0.717. The monoisotopic (exact) mass is 253 g/mol. The maximum absolute atomic E-state index is 5.98. The molecule has 3 rings (SSSR count). The van der Waals surface area contributed by atoms with Gasteiger partial charge < -0.3 is 15.1 Å². The Hall–Kier alpha value is -2.49. The van der Waals surface area contributed by atoms with Gasteiger partial charge in [0.15, 0.2) is 0 Å². The average Bonchev–Trinajstić information content (AvgIpc) is 2.92. The second-order valence-electron chi connectivity index (χ2n) is 4.53. The van der Waals surface area contributed by atoms with Crippen LogP contribution in [0.4, 0.5) is 11.4 Å². The number of nitrogens with two attached hydrogens (primary N) is 1. The third-order valence-corrected chi connectivity index (χ3v) is 3.21. The number of aromatic nitrogens is 1.